The van der Waals surface area contributed by atoms with Crippen molar-refractivity contribution in [1.82, 2.24) is 30.3 Å². The molecule has 2 rings (SSSR count). The molecule has 0 bridgehead atoms. The lowest BCUT2D eigenvalue weighted by molar-refractivity contribution is 0.552. The smallest absolute Gasteiger partial charge is 0.137 e. The van der Waals surface area contributed by atoms with Crippen molar-refractivity contribution in [2.24, 2.45) is 7.05 Å². The first-order valence-corrected chi connectivity index (χ1v) is 6.24. The molecule has 18 heavy (non-hydrogen) atoms. The first kappa shape index (κ1) is 12.8. The Morgan fingerprint density at radius 1 is 1.50 bits per heavy atom. The minimum atomic E-state index is 0.327. The quantitative estimate of drug-likeness (QED) is 0.752. The van der Waals surface area contributed by atoms with Crippen LogP contribution in [-0.2, 0) is 13.5 Å². The average molecular weight is 248 g/mol. The van der Waals surface area contributed by atoms with E-state index in [2.05, 4.69) is 38.7 Å². The molecule has 0 fully saturated rings. The zero-order valence-electron chi connectivity index (χ0n) is 11.1. The Kier molecular flexibility index (Phi) is 4.09. The zero-order valence-corrected chi connectivity index (χ0v) is 11.1. The Balaban J connectivity index is 1.75. The Morgan fingerprint density at radius 2 is 2.33 bits per heavy atom. The zero-order chi connectivity index (χ0) is 13.0. The number of aromatic amines is 1. The van der Waals surface area contributed by atoms with Crippen molar-refractivity contribution in [1.29, 1.82) is 0 Å². The van der Waals surface area contributed by atoms with Crippen LogP contribution in [-0.4, -0.2) is 31.5 Å². The lowest BCUT2D eigenvalue weighted by Gasteiger charge is -2.12. The molecule has 0 saturated heterocycles. The van der Waals surface area contributed by atoms with Gasteiger partial charge in [-0.3, -0.25) is 9.78 Å². The molecule has 2 N–H and O–H groups in total. The van der Waals surface area contributed by atoms with Gasteiger partial charge in [0.25, 0.3) is 0 Å². The van der Waals surface area contributed by atoms with Gasteiger partial charge in [0, 0.05) is 31.3 Å². The van der Waals surface area contributed by atoms with Gasteiger partial charge in [-0.1, -0.05) is 0 Å². The van der Waals surface area contributed by atoms with Gasteiger partial charge < -0.3 is 5.32 Å². The standard InChI is InChI=1S/C12H20N6/c1-9(11-7-18(3)17-10(11)2)13-6-4-5-12-14-8-15-16-12/h7-9,13H,4-6H2,1-3H3,(H,14,15,16). The number of nitrogens with zero attached hydrogens (tertiary/aromatic N) is 4. The van der Waals surface area contributed by atoms with Crippen LogP contribution in [0.2, 0.25) is 0 Å². The molecular formula is C12H20N6. The molecule has 2 aromatic heterocycles. The number of aromatic nitrogens is 5. The highest BCUT2D eigenvalue weighted by atomic mass is 15.3. The van der Waals surface area contributed by atoms with Gasteiger partial charge in [0.1, 0.15) is 12.2 Å². The summed E-state index contributed by atoms with van der Waals surface area (Å²) < 4.78 is 1.86. The van der Waals surface area contributed by atoms with Crippen LogP contribution in [0.3, 0.4) is 0 Å². The van der Waals surface area contributed by atoms with Gasteiger partial charge in [0.05, 0.1) is 5.69 Å². The van der Waals surface area contributed by atoms with Crippen LogP contribution < -0.4 is 5.32 Å². The average Bonchev–Trinajstić information content (AvgIpc) is 2.94. The van der Waals surface area contributed by atoms with Gasteiger partial charge >= 0.3 is 0 Å². The molecule has 0 amide bonds. The fraction of sp³-hybridized carbons (Fsp3) is 0.583. The number of hydrogen-bond donors (Lipinski definition) is 2. The minimum absolute atomic E-state index is 0.327. The molecule has 1 unspecified atom stereocenters. The molecule has 0 aliphatic rings. The summed E-state index contributed by atoms with van der Waals surface area (Å²) in [6.07, 6.45) is 5.58. The van der Waals surface area contributed by atoms with Crippen LogP contribution in [0, 0.1) is 6.92 Å². The van der Waals surface area contributed by atoms with E-state index in [1.165, 1.54) is 5.56 Å². The lowest BCUT2D eigenvalue weighted by atomic mass is 10.1. The van der Waals surface area contributed by atoms with Gasteiger partial charge in [0.2, 0.25) is 0 Å². The molecule has 0 aromatic carbocycles. The fourth-order valence-corrected chi connectivity index (χ4v) is 2.08. The Labute approximate surface area is 107 Å². The molecule has 0 saturated carbocycles. The predicted octanol–water partition coefficient (Wildman–Crippen LogP) is 1.13. The van der Waals surface area contributed by atoms with E-state index in [1.807, 2.05) is 18.7 Å². The predicted molar refractivity (Wildman–Crippen MR) is 69.1 cm³/mol. The summed E-state index contributed by atoms with van der Waals surface area (Å²) in [6.45, 7) is 5.16. The van der Waals surface area contributed by atoms with Crippen molar-refractivity contribution in [3.05, 3.63) is 29.6 Å². The van der Waals surface area contributed by atoms with Crippen LogP contribution in [0.25, 0.3) is 0 Å². The molecule has 0 aliphatic heterocycles. The van der Waals surface area contributed by atoms with Crippen LogP contribution in [0.1, 0.15) is 36.5 Å². The highest BCUT2D eigenvalue weighted by Gasteiger charge is 2.10. The maximum atomic E-state index is 4.35. The van der Waals surface area contributed by atoms with E-state index in [-0.39, 0.29) is 0 Å². The Hall–Kier alpha value is -1.69. The second kappa shape index (κ2) is 5.77. The second-order valence-electron chi connectivity index (χ2n) is 4.56. The maximum absolute atomic E-state index is 4.35. The van der Waals surface area contributed by atoms with E-state index in [0.29, 0.717) is 6.04 Å². The first-order chi connectivity index (χ1) is 8.66. The van der Waals surface area contributed by atoms with Crippen molar-refractivity contribution in [2.45, 2.75) is 32.7 Å². The molecule has 6 heteroatoms. The van der Waals surface area contributed by atoms with E-state index in [0.717, 1.165) is 30.9 Å². The summed E-state index contributed by atoms with van der Waals surface area (Å²) >= 11 is 0. The van der Waals surface area contributed by atoms with Crippen molar-refractivity contribution in [3.63, 3.8) is 0 Å². The van der Waals surface area contributed by atoms with Gasteiger partial charge in [-0.25, -0.2) is 4.98 Å². The largest absolute Gasteiger partial charge is 0.310 e. The summed E-state index contributed by atoms with van der Waals surface area (Å²) in [5, 5.41) is 14.6. The molecule has 0 radical (unpaired) electrons. The van der Waals surface area contributed by atoms with Crippen LogP contribution >= 0.6 is 0 Å². The molecule has 2 aromatic rings. The van der Waals surface area contributed by atoms with Gasteiger partial charge in [-0.2, -0.15) is 10.2 Å². The van der Waals surface area contributed by atoms with Crippen molar-refractivity contribution >= 4 is 0 Å². The monoisotopic (exact) mass is 248 g/mol. The fourth-order valence-electron chi connectivity index (χ4n) is 2.08. The molecule has 1 atom stereocenters. The third-order valence-corrected chi connectivity index (χ3v) is 3.02. The number of rotatable bonds is 6. The van der Waals surface area contributed by atoms with E-state index in [4.69, 9.17) is 0 Å². The topological polar surface area (TPSA) is 71.4 Å². The van der Waals surface area contributed by atoms with Crippen LogP contribution in [0.15, 0.2) is 12.5 Å². The third-order valence-electron chi connectivity index (χ3n) is 3.02. The van der Waals surface area contributed by atoms with Crippen molar-refractivity contribution in [3.8, 4) is 0 Å². The number of aryl methyl sites for hydroxylation is 3. The maximum Gasteiger partial charge on any atom is 0.137 e. The first-order valence-electron chi connectivity index (χ1n) is 6.24. The molecule has 98 valence electrons. The highest BCUT2D eigenvalue weighted by Crippen LogP contribution is 2.15. The van der Waals surface area contributed by atoms with Crippen LogP contribution in [0.5, 0.6) is 0 Å². The number of nitrogens with one attached hydrogen (secondary N) is 2. The minimum Gasteiger partial charge on any atom is -0.310 e. The third kappa shape index (κ3) is 3.16. The Bertz CT molecular complexity index is 473. The SMILES string of the molecule is Cc1nn(C)cc1C(C)NCCCc1ncn[nH]1. The van der Waals surface area contributed by atoms with Gasteiger partial charge in [-0.05, 0) is 26.8 Å². The molecule has 0 aliphatic carbocycles. The molecular weight excluding hydrogens is 228 g/mol. The molecule has 6 nitrogen and oxygen atoms in total. The highest BCUT2D eigenvalue weighted by molar-refractivity contribution is 5.19. The van der Waals surface area contributed by atoms with E-state index < -0.39 is 0 Å². The normalized spacial score (nSPS) is 12.8. The molecule has 0 spiro atoms. The Morgan fingerprint density at radius 3 is 2.94 bits per heavy atom. The molecule has 2 heterocycles. The number of hydrogen-bond acceptors (Lipinski definition) is 4. The van der Waals surface area contributed by atoms with E-state index >= 15 is 0 Å². The second-order valence-corrected chi connectivity index (χ2v) is 4.56. The van der Waals surface area contributed by atoms with Crippen molar-refractivity contribution < 1.29 is 0 Å². The summed E-state index contributed by atoms with van der Waals surface area (Å²) in [5.74, 6) is 0.946. The van der Waals surface area contributed by atoms with Gasteiger partial charge in [0.15, 0.2) is 0 Å². The van der Waals surface area contributed by atoms with Gasteiger partial charge in [-0.15, -0.1) is 0 Å². The summed E-state index contributed by atoms with van der Waals surface area (Å²) in [6, 6.07) is 0.327. The summed E-state index contributed by atoms with van der Waals surface area (Å²) in [7, 11) is 1.95. The number of H-pyrrole nitrogens is 1. The lowest BCUT2D eigenvalue weighted by Crippen LogP contribution is -2.20. The van der Waals surface area contributed by atoms with E-state index in [1.54, 1.807) is 6.33 Å². The van der Waals surface area contributed by atoms with E-state index in [9.17, 15) is 0 Å². The van der Waals surface area contributed by atoms with Crippen molar-refractivity contribution in [2.75, 3.05) is 6.54 Å². The summed E-state index contributed by atoms with van der Waals surface area (Å²) in [5.41, 5.74) is 2.35. The summed E-state index contributed by atoms with van der Waals surface area (Å²) in [4.78, 5) is 4.10. The van der Waals surface area contributed by atoms with Crippen LogP contribution in [0.4, 0.5) is 0 Å².